The Morgan fingerprint density at radius 1 is 1.06 bits per heavy atom. The smallest absolute Gasteiger partial charge is 0.220 e. The first-order valence-corrected chi connectivity index (χ1v) is 12.5. The molecule has 1 aromatic carbocycles. The largest absolute Gasteiger partial charge is 0.359 e. The van der Waals surface area contributed by atoms with Crippen molar-refractivity contribution in [2.75, 3.05) is 39.8 Å². The molecule has 0 saturated carbocycles. The molecule has 186 valence electrons. The summed E-state index contributed by atoms with van der Waals surface area (Å²) in [6.45, 7) is 13.8. The van der Waals surface area contributed by atoms with Crippen LogP contribution in [0.4, 0.5) is 0 Å². The van der Waals surface area contributed by atoms with E-state index in [0.717, 1.165) is 56.8 Å². The molecule has 0 bridgehead atoms. The fourth-order valence-electron chi connectivity index (χ4n) is 5.23. The van der Waals surface area contributed by atoms with Gasteiger partial charge in [0.25, 0.3) is 0 Å². The highest BCUT2D eigenvalue weighted by Gasteiger charge is 2.23. The van der Waals surface area contributed by atoms with E-state index in [9.17, 15) is 4.79 Å². The van der Waals surface area contributed by atoms with Gasteiger partial charge in [0, 0.05) is 52.7 Å². The van der Waals surface area contributed by atoms with E-state index in [-0.39, 0.29) is 29.9 Å². The molecule has 0 radical (unpaired) electrons. The number of carbonyl (C=O) groups is 1. The van der Waals surface area contributed by atoms with Crippen LogP contribution in [0.25, 0.3) is 0 Å². The van der Waals surface area contributed by atoms with E-state index in [1.54, 1.807) is 7.05 Å². The molecular formula is C26H44IN5O. The zero-order chi connectivity index (χ0) is 22.9. The van der Waals surface area contributed by atoms with E-state index in [4.69, 9.17) is 4.99 Å². The van der Waals surface area contributed by atoms with Crippen molar-refractivity contribution in [3.63, 3.8) is 0 Å². The molecule has 1 aromatic rings. The standard InChI is InChI=1S/C26H43N5O.HI/c1-5-28-26(31-12-10-22(11-13-31)15-25(32)27-4)29-16-23-6-8-24(9-7-23)19-30-17-20(2)14-21(3)18-30;/h6-9,20-22H,5,10-19H2,1-4H3,(H,27,32)(H,28,29);1H. The molecular weight excluding hydrogens is 525 g/mol. The predicted molar refractivity (Wildman–Crippen MR) is 148 cm³/mol. The summed E-state index contributed by atoms with van der Waals surface area (Å²) in [7, 11) is 1.72. The lowest BCUT2D eigenvalue weighted by Gasteiger charge is -2.35. The highest BCUT2D eigenvalue weighted by atomic mass is 127. The van der Waals surface area contributed by atoms with Crippen molar-refractivity contribution in [2.24, 2.45) is 22.7 Å². The maximum Gasteiger partial charge on any atom is 0.220 e. The number of benzene rings is 1. The molecule has 2 heterocycles. The van der Waals surface area contributed by atoms with Gasteiger partial charge in [0.2, 0.25) is 5.91 Å². The maximum absolute atomic E-state index is 11.7. The third-order valence-electron chi connectivity index (χ3n) is 6.79. The van der Waals surface area contributed by atoms with Gasteiger partial charge in [-0.15, -0.1) is 24.0 Å². The van der Waals surface area contributed by atoms with Crippen molar-refractivity contribution in [1.82, 2.24) is 20.4 Å². The van der Waals surface area contributed by atoms with Crippen molar-refractivity contribution in [2.45, 2.75) is 59.5 Å². The summed E-state index contributed by atoms with van der Waals surface area (Å²) in [5.41, 5.74) is 2.64. The SMILES string of the molecule is CCNC(=NCc1ccc(CN2CC(C)CC(C)C2)cc1)N1CCC(CC(=O)NC)CC1.I. The molecule has 2 fully saturated rings. The Balaban J connectivity index is 0.00000385. The molecule has 6 nitrogen and oxygen atoms in total. The molecule has 2 atom stereocenters. The molecule has 2 saturated heterocycles. The van der Waals surface area contributed by atoms with Gasteiger partial charge in [0.05, 0.1) is 6.54 Å². The van der Waals surface area contributed by atoms with Crippen molar-refractivity contribution in [3.8, 4) is 0 Å². The number of amides is 1. The van der Waals surface area contributed by atoms with Gasteiger partial charge in [-0.2, -0.15) is 0 Å². The number of guanidine groups is 1. The Bertz CT molecular complexity index is 736. The minimum Gasteiger partial charge on any atom is -0.359 e. The first kappa shape index (κ1) is 27.9. The number of likely N-dealkylation sites (tertiary alicyclic amines) is 2. The van der Waals surface area contributed by atoms with Crippen LogP contribution < -0.4 is 10.6 Å². The van der Waals surface area contributed by atoms with Crippen molar-refractivity contribution in [1.29, 1.82) is 0 Å². The average Bonchev–Trinajstić information content (AvgIpc) is 2.77. The molecule has 2 unspecified atom stereocenters. The Kier molecular flexibility index (Phi) is 12.0. The lowest BCUT2D eigenvalue weighted by Crippen LogP contribution is -2.46. The van der Waals surface area contributed by atoms with Gasteiger partial charge in [-0.25, -0.2) is 4.99 Å². The van der Waals surface area contributed by atoms with E-state index >= 15 is 0 Å². The monoisotopic (exact) mass is 569 g/mol. The second-order valence-electron chi connectivity index (χ2n) is 9.93. The topological polar surface area (TPSA) is 60.0 Å². The minimum absolute atomic E-state index is 0. The van der Waals surface area contributed by atoms with Crippen LogP contribution in [-0.2, 0) is 17.9 Å². The van der Waals surface area contributed by atoms with Crippen molar-refractivity contribution < 1.29 is 4.79 Å². The fraction of sp³-hybridized carbons (Fsp3) is 0.692. The van der Waals surface area contributed by atoms with E-state index in [1.807, 2.05) is 0 Å². The van der Waals surface area contributed by atoms with Crippen LogP contribution in [0.15, 0.2) is 29.3 Å². The summed E-state index contributed by atoms with van der Waals surface area (Å²) in [4.78, 5) is 21.5. The second-order valence-corrected chi connectivity index (χ2v) is 9.93. The number of hydrogen-bond donors (Lipinski definition) is 2. The Labute approximate surface area is 218 Å². The van der Waals surface area contributed by atoms with Crippen LogP contribution in [0.1, 0.15) is 57.6 Å². The quantitative estimate of drug-likeness (QED) is 0.295. The van der Waals surface area contributed by atoms with Crippen LogP contribution in [-0.4, -0.2) is 61.4 Å². The predicted octanol–water partition coefficient (Wildman–Crippen LogP) is 4.10. The number of piperidine rings is 2. The maximum atomic E-state index is 11.7. The van der Waals surface area contributed by atoms with Crippen molar-refractivity contribution in [3.05, 3.63) is 35.4 Å². The van der Waals surface area contributed by atoms with Crippen LogP contribution >= 0.6 is 24.0 Å². The number of hydrogen-bond acceptors (Lipinski definition) is 3. The number of aliphatic imine (C=N–C) groups is 1. The summed E-state index contributed by atoms with van der Waals surface area (Å²) >= 11 is 0. The summed E-state index contributed by atoms with van der Waals surface area (Å²) in [5, 5.41) is 6.20. The van der Waals surface area contributed by atoms with Gasteiger partial charge in [-0.3, -0.25) is 9.69 Å². The van der Waals surface area contributed by atoms with Gasteiger partial charge >= 0.3 is 0 Å². The third-order valence-corrected chi connectivity index (χ3v) is 6.79. The molecule has 0 aromatic heterocycles. The third kappa shape index (κ3) is 9.08. The number of nitrogens with one attached hydrogen (secondary N) is 2. The zero-order valence-electron chi connectivity index (χ0n) is 21.0. The van der Waals surface area contributed by atoms with E-state index < -0.39 is 0 Å². The molecule has 0 spiro atoms. The molecule has 0 aliphatic carbocycles. The van der Waals surface area contributed by atoms with Gasteiger partial charge in [-0.05, 0) is 55.1 Å². The number of halogens is 1. The first-order valence-electron chi connectivity index (χ1n) is 12.5. The minimum atomic E-state index is 0. The van der Waals surface area contributed by atoms with E-state index in [1.165, 1.54) is 30.6 Å². The van der Waals surface area contributed by atoms with Gasteiger partial charge in [0.1, 0.15) is 0 Å². The highest BCUT2D eigenvalue weighted by Crippen LogP contribution is 2.23. The molecule has 3 rings (SSSR count). The first-order chi connectivity index (χ1) is 15.5. The summed E-state index contributed by atoms with van der Waals surface area (Å²) < 4.78 is 0. The molecule has 7 heteroatoms. The van der Waals surface area contributed by atoms with Crippen LogP contribution in [0.5, 0.6) is 0 Å². The van der Waals surface area contributed by atoms with Gasteiger partial charge < -0.3 is 15.5 Å². The summed E-state index contributed by atoms with van der Waals surface area (Å²) in [6, 6.07) is 9.00. The van der Waals surface area contributed by atoms with Crippen LogP contribution in [0.3, 0.4) is 0 Å². The van der Waals surface area contributed by atoms with Crippen LogP contribution in [0.2, 0.25) is 0 Å². The van der Waals surface area contributed by atoms with Crippen molar-refractivity contribution >= 4 is 35.8 Å². The van der Waals surface area contributed by atoms with Gasteiger partial charge in [-0.1, -0.05) is 38.1 Å². The lowest BCUT2D eigenvalue weighted by molar-refractivity contribution is -0.121. The number of rotatable bonds is 7. The van der Waals surface area contributed by atoms with Crippen LogP contribution in [0, 0.1) is 17.8 Å². The number of nitrogens with zero attached hydrogens (tertiary/aromatic N) is 3. The molecule has 1 amide bonds. The Morgan fingerprint density at radius 2 is 1.67 bits per heavy atom. The average molecular weight is 570 g/mol. The zero-order valence-corrected chi connectivity index (χ0v) is 23.3. The number of carbonyl (C=O) groups excluding carboxylic acids is 1. The molecule has 2 aliphatic rings. The Morgan fingerprint density at radius 3 is 2.24 bits per heavy atom. The normalized spacial score (nSPS) is 22.5. The second kappa shape index (κ2) is 14.1. The van der Waals surface area contributed by atoms with E-state index in [0.29, 0.717) is 18.9 Å². The molecule has 33 heavy (non-hydrogen) atoms. The highest BCUT2D eigenvalue weighted by molar-refractivity contribution is 14.0. The summed E-state index contributed by atoms with van der Waals surface area (Å²) in [6.07, 6.45) is 4.08. The fourth-order valence-corrected chi connectivity index (χ4v) is 5.23. The molecule has 2 aliphatic heterocycles. The Hall–Kier alpha value is -1.35. The molecule has 2 N–H and O–H groups in total. The summed E-state index contributed by atoms with van der Waals surface area (Å²) in [5.74, 6) is 3.21. The van der Waals surface area contributed by atoms with E-state index in [2.05, 4.69) is 65.5 Å². The van der Waals surface area contributed by atoms with Gasteiger partial charge in [0.15, 0.2) is 5.96 Å². The lowest BCUT2D eigenvalue weighted by atomic mass is 9.91.